The van der Waals surface area contributed by atoms with Crippen LogP contribution in [0.1, 0.15) is 170 Å². The van der Waals surface area contributed by atoms with E-state index >= 15 is 4.57 Å². The summed E-state index contributed by atoms with van der Waals surface area (Å²) in [4.78, 5) is 35.9. The van der Waals surface area contributed by atoms with Crippen LogP contribution in [0.15, 0.2) is 35.3 Å². The van der Waals surface area contributed by atoms with E-state index in [0.717, 1.165) is 105 Å². The number of amides is 1. The zero-order valence-corrected chi connectivity index (χ0v) is 44.2. The number of nitrogens with zero attached hydrogens (tertiary/aromatic N) is 4. The normalized spacial score (nSPS) is 17.1. The van der Waals surface area contributed by atoms with Gasteiger partial charge in [0.1, 0.15) is 36.3 Å². The first-order chi connectivity index (χ1) is 33.5. The minimum Gasteiger partial charge on any atom is -0.595 e. The maximum absolute atomic E-state index is 15.6. The fourth-order valence-corrected chi connectivity index (χ4v) is 12.6. The zero-order chi connectivity index (χ0) is 49.8. The van der Waals surface area contributed by atoms with Crippen LogP contribution in [0.2, 0.25) is 0 Å². The van der Waals surface area contributed by atoms with E-state index in [0.29, 0.717) is 74.6 Å². The van der Waals surface area contributed by atoms with Crippen molar-refractivity contribution in [2.75, 3.05) is 63.9 Å². The third-order valence-corrected chi connectivity index (χ3v) is 15.9. The Morgan fingerprint density at radius 2 is 1.43 bits per heavy atom. The highest BCUT2D eigenvalue weighted by Crippen LogP contribution is 2.51. The minimum atomic E-state index is -4.04. The molecule has 1 amide bonds. The molecule has 0 spiro atoms. The zero-order valence-electron chi connectivity index (χ0n) is 43.3. The summed E-state index contributed by atoms with van der Waals surface area (Å²) in [6.45, 7) is 20.8. The maximum atomic E-state index is 15.6. The molecule has 0 bridgehead atoms. The number of carbonyl (C=O) groups excluding carboxylic acids is 2. The summed E-state index contributed by atoms with van der Waals surface area (Å²) in [5, 5.41) is 14.9. The summed E-state index contributed by atoms with van der Waals surface area (Å²) in [6, 6.07) is 10.2. The number of hydrogen-bond acceptors (Lipinski definition) is 11. The molecule has 70 heavy (non-hydrogen) atoms. The Kier molecular flexibility index (Phi) is 16.2. The molecule has 1 unspecified atom stereocenters. The minimum absolute atomic E-state index is 0.0944. The molecule has 0 aliphatic carbocycles. The average Bonchev–Trinajstić information content (AvgIpc) is 3.31. The average molecular weight is 981 g/mol. The lowest BCUT2D eigenvalue weighted by molar-refractivity contribution is -0.260. The third kappa shape index (κ3) is 11.6. The second-order valence-corrected chi connectivity index (χ2v) is 23.6. The summed E-state index contributed by atoms with van der Waals surface area (Å²) in [5.41, 5.74) is 8.39. The molecule has 13 nitrogen and oxygen atoms in total. The fraction of sp³-hybridized carbons (Fsp3) is 0.607. The van der Waals surface area contributed by atoms with Crippen molar-refractivity contribution in [1.82, 2.24) is 9.48 Å². The standard InChI is InChI=1S/C56H77N4O9P/c1-9-58(10-2)53(62)41-27-26-40(70(64,65-33-15-11-13-25-47(61)68-55(3,4)5)66-34-16-12-14-28-57-54(63)69-56(6,7)8)37-44(41)48-45-35-38-21-17-29-59-31-19-23-42(49(38)59)51(45)67-52-43-24-20-32-60-30-18-22-39(50(43)60)36-46(48)52/h26-27,35-37H,9-25,28-34H2,1-8H3. The van der Waals surface area contributed by atoms with E-state index in [1.165, 1.54) is 33.3 Å². The number of rotatable bonds is 19. The predicted molar refractivity (Wildman–Crippen MR) is 274 cm³/mol. The van der Waals surface area contributed by atoms with Crippen molar-refractivity contribution in [2.24, 2.45) is 4.99 Å². The molecule has 14 heteroatoms. The van der Waals surface area contributed by atoms with E-state index in [-0.39, 0.29) is 31.5 Å². The molecular formula is C56H77N4O9P. The molecule has 0 saturated carbocycles. The smallest absolute Gasteiger partial charge is 0.361 e. The summed E-state index contributed by atoms with van der Waals surface area (Å²) in [6.07, 6.45) is 11.4. The highest BCUT2D eigenvalue weighted by Gasteiger charge is 2.38. The van der Waals surface area contributed by atoms with Gasteiger partial charge in [-0.2, -0.15) is 0 Å². The van der Waals surface area contributed by atoms with Crippen molar-refractivity contribution in [3.8, 4) is 11.5 Å². The molecule has 5 aliphatic rings. The molecule has 3 aromatic carbocycles. The Morgan fingerprint density at radius 3 is 2.13 bits per heavy atom. The molecule has 380 valence electrons. The molecule has 0 N–H and O–H groups in total. The molecule has 0 aromatic heterocycles. The summed E-state index contributed by atoms with van der Waals surface area (Å²) in [7, 11) is -4.04. The molecule has 0 saturated heterocycles. The number of esters is 1. The lowest BCUT2D eigenvalue weighted by atomic mass is 9.81. The fourth-order valence-electron chi connectivity index (χ4n) is 10.9. The van der Waals surface area contributed by atoms with Gasteiger partial charge in [0.15, 0.2) is 0 Å². The first-order valence-corrected chi connectivity index (χ1v) is 27.9. The van der Waals surface area contributed by atoms with Gasteiger partial charge in [-0.15, -0.1) is 0 Å². The Labute approximate surface area is 415 Å². The number of aliphatic imine (C=N–C) groups is 1. The van der Waals surface area contributed by atoms with E-state index in [1.807, 2.05) is 72.4 Å². The Bertz CT molecular complexity index is 2650. The topological polar surface area (TPSA) is 142 Å². The quantitative estimate of drug-likeness (QED) is 0.0226. The molecule has 5 heterocycles. The van der Waals surface area contributed by atoms with E-state index in [4.69, 9.17) is 23.3 Å². The van der Waals surface area contributed by atoms with Gasteiger partial charge in [0.25, 0.3) is 5.91 Å². The van der Waals surface area contributed by atoms with Crippen molar-refractivity contribution in [2.45, 2.75) is 163 Å². The Hall–Kier alpha value is -4.71. The van der Waals surface area contributed by atoms with Crippen LogP contribution in [-0.4, -0.2) is 93.1 Å². The van der Waals surface area contributed by atoms with Gasteiger partial charge in [0, 0.05) is 96.3 Å². The van der Waals surface area contributed by atoms with Crippen LogP contribution < -0.4 is 35.2 Å². The summed E-state index contributed by atoms with van der Waals surface area (Å²) < 4.78 is 49.3. The lowest BCUT2D eigenvalue weighted by Crippen LogP contribution is -2.45. The van der Waals surface area contributed by atoms with E-state index in [2.05, 4.69) is 26.6 Å². The van der Waals surface area contributed by atoms with Crippen LogP contribution in [-0.2, 0) is 53.6 Å². The Morgan fingerprint density at radius 1 is 0.771 bits per heavy atom. The van der Waals surface area contributed by atoms with Crippen LogP contribution in [0, 0.1) is 0 Å². The van der Waals surface area contributed by atoms with E-state index < -0.39 is 24.9 Å². The van der Waals surface area contributed by atoms with Gasteiger partial charge in [-0.05, 0) is 147 Å². The van der Waals surface area contributed by atoms with Crippen LogP contribution in [0.25, 0.3) is 5.57 Å². The molecular weight excluding hydrogens is 904 g/mol. The van der Waals surface area contributed by atoms with Crippen LogP contribution in [0.3, 0.4) is 0 Å². The number of fused-ring (bicyclic) bond motifs is 4. The number of carbonyl (C=O) groups is 2. The van der Waals surface area contributed by atoms with Gasteiger partial charge in [-0.1, -0.05) is 27.2 Å². The first kappa shape index (κ1) is 51.6. The van der Waals surface area contributed by atoms with Gasteiger partial charge in [0.05, 0.1) is 24.1 Å². The van der Waals surface area contributed by atoms with E-state index in [1.54, 1.807) is 6.07 Å². The number of hydrogen-bond donors (Lipinski definition) is 0. The van der Waals surface area contributed by atoms with Crippen molar-refractivity contribution in [3.05, 3.63) is 79.9 Å². The van der Waals surface area contributed by atoms with Gasteiger partial charge < -0.3 is 38.2 Å². The second-order valence-electron chi connectivity index (χ2n) is 21.5. The number of aryl methyl sites for hydroxylation is 2. The number of anilines is 1. The van der Waals surface area contributed by atoms with Crippen molar-refractivity contribution >= 4 is 42.1 Å². The van der Waals surface area contributed by atoms with Gasteiger partial charge in [0.2, 0.25) is 5.36 Å². The van der Waals surface area contributed by atoms with Crippen LogP contribution in [0.4, 0.5) is 5.69 Å². The molecule has 3 aromatic rings. The molecule has 1 atom stereocenters. The molecule has 0 fully saturated rings. The highest BCUT2D eigenvalue weighted by atomic mass is 31.2. The first-order valence-electron chi connectivity index (χ1n) is 26.4. The highest BCUT2D eigenvalue weighted by molar-refractivity contribution is 7.62. The van der Waals surface area contributed by atoms with Crippen LogP contribution in [0.5, 0.6) is 11.5 Å². The van der Waals surface area contributed by atoms with Crippen LogP contribution >= 0.6 is 7.60 Å². The molecule has 5 aliphatic heterocycles. The molecule has 8 rings (SSSR count). The second kappa shape index (κ2) is 22.0. The molecule has 0 radical (unpaired) electrons. The SMILES string of the molecule is CCN(CC)C(=O)c1ccc(P(=O)(OCCCCCN=C([O-])OC(C)(C)C)OCCCCCC(=O)OC(C)(C)C)cc1C1=c2cc3c4c(c2Oc2c1cc1c5c2CCCN5CCC1)CCC[N+]=4CCC3. The maximum Gasteiger partial charge on any atom is 0.361 e. The Balaban J connectivity index is 1.22. The number of unbranched alkanes of at least 4 members (excludes halogenated alkanes) is 4. The van der Waals surface area contributed by atoms with Crippen molar-refractivity contribution < 1.29 is 42.5 Å². The lowest BCUT2D eigenvalue weighted by Gasteiger charge is -2.39. The number of ether oxygens (including phenoxy) is 3. The van der Waals surface area contributed by atoms with Crippen molar-refractivity contribution in [1.29, 1.82) is 0 Å². The largest absolute Gasteiger partial charge is 0.595 e. The van der Waals surface area contributed by atoms with Gasteiger partial charge in [-0.3, -0.25) is 19.1 Å². The summed E-state index contributed by atoms with van der Waals surface area (Å²) >= 11 is 0. The summed E-state index contributed by atoms with van der Waals surface area (Å²) in [5.74, 6) is 1.42. The van der Waals surface area contributed by atoms with Crippen molar-refractivity contribution in [3.63, 3.8) is 0 Å². The number of benzene rings is 3. The monoisotopic (exact) mass is 981 g/mol. The third-order valence-electron chi connectivity index (χ3n) is 14.0. The predicted octanol–water partition coefficient (Wildman–Crippen LogP) is 8.06. The van der Waals surface area contributed by atoms with E-state index in [9.17, 15) is 14.7 Å². The van der Waals surface area contributed by atoms with Gasteiger partial charge >= 0.3 is 13.6 Å². The van der Waals surface area contributed by atoms with Gasteiger partial charge in [-0.25, -0.2) is 4.58 Å².